The fraction of sp³-hybridized carbons (Fsp3) is 0.241. The van der Waals surface area contributed by atoms with E-state index in [0.717, 1.165) is 41.2 Å². The molecule has 184 valence electrons. The summed E-state index contributed by atoms with van der Waals surface area (Å²) in [6, 6.07) is 16.8. The highest BCUT2D eigenvalue weighted by Crippen LogP contribution is 2.44. The molecule has 0 saturated heterocycles. The summed E-state index contributed by atoms with van der Waals surface area (Å²) in [5, 5.41) is 0. The highest BCUT2D eigenvalue weighted by atomic mass is 16.5. The Morgan fingerprint density at radius 2 is 1.83 bits per heavy atom. The zero-order valence-corrected chi connectivity index (χ0v) is 20.5. The van der Waals surface area contributed by atoms with Crippen LogP contribution in [0.2, 0.25) is 0 Å². The van der Waals surface area contributed by atoms with Crippen LogP contribution < -0.4 is 14.2 Å². The number of ether oxygens (including phenoxy) is 4. The van der Waals surface area contributed by atoms with Gasteiger partial charge in [0.25, 0.3) is 0 Å². The molecule has 0 bridgehead atoms. The number of ketones is 1. The third kappa shape index (κ3) is 4.57. The summed E-state index contributed by atoms with van der Waals surface area (Å²) >= 11 is 0. The summed E-state index contributed by atoms with van der Waals surface area (Å²) in [6.45, 7) is 3.80. The Balaban J connectivity index is 1.35. The molecule has 0 fully saturated rings. The maximum Gasteiger partial charge on any atom is 0.337 e. The van der Waals surface area contributed by atoms with E-state index in [-0.39, 0.29) is 11.5 Å². The normalized spacial score (nSPS) is 15.6. The Morgan fingerprint density at radius 3 is 2.53 bits per heavy atom. The molecular weight excluding hydrogens is 458 g/mol. The van der Waals surface area contributed by atoms with Gasteiger partial charge >= 0.3 is 5.97 Å². The second-order valence-corrected chi connectivity index (χ2v) is 8.85. The second-order valence-electron chi connectivity index (χ2n) is 8.85. The third-order valence-electron chi connectivity index (χ3n) is 6.49. The minimum Gasteiger partial charge on any atom is -0.497 e. The first-order chi connectivity index (χ1) is 17.5. The number of nitrogens with zero attached hydrogens (tertiary/aromatic N) is 1. The smallest absolute Gasteiger partial charge is 0.337 e. The first-order valence-electron chi connectivity index (χ1n) is 11.7. The van der Waals surface area contributed by atoms with Gasteiger partial charge in [-0.1, -0.05) is 24.3 Å². The summed E-state index contributed by atoms with van der Waals surface area (Å²) in [5.41, 5.74) is 4.69. The van der Waals surface area contributed by atoms with Gasteiger partial charge in [0.2, 0.25) is 5.78 Å². The minimum absolute atomic E-state index is 0.155. The van der Waals surface area contributed by atoms with Crippen LogP contribution >= 0.6 is 0 Å². The molecule has 0 N–H and O–H groups in total. The molecule has 2 aliphatic heterocycles. The van der Waals surface area contributed by atoms with Gasteiger partial charge in [0.05, 0.1) is 30.9 Å². The van der Waals surface area contributed by atoms with Crippen molar-refractivity contribution in [1.82, 2.24) is 4.90 Å². The van der Waals surface area contributed by atoms with Crippen molar-refractivity contribution in [3.8, 4) is 17.2 Å². The molecule has 0 atom stereocenters. The van der Waals surface area contributed by atoms with Crippen LogP contribution in [0.1, 0.15) is 43.0 Å². The van der Waals surface area contributed by atoms with E-state index in [1.54, 1.807) is 37.5 Å². The van der Waals surface area contributed by atoms with Crippen LogP contribution in [0.15, 0.2) is 60.4 Å². The summed E-state index contributed by atoms with van der Waals surface area (Å²) in [5.74, 6) is 1.85. The van der Waals surface area contributed by atoms with E-state index in [1.165, 1.54) is 12.7 Å². The molecule has 36 heavy (non-hydrogen) atoms. The molecule has 2 heterocycles. The van der Waals surface area contributed by atoms with E-state index in [4.69, 9.17) is 18.9 Å². The van der Waals surface area contributed by atoms with Gasteiger partial charge < -0.3 is 18.9 Å². The van der Waals surface area contributed by atoms with E-state index in [2.05, 4.69) is 17.0 Å². The largest absolute Gasteiger partial charge is 0.497 e. The van der Waals surface area contributed by atoms with Crippen molar-refractivity contribution in [2.75, 3.05) is 27.5 Å². The topological polar surface area (TPSA) is 74.3 Å². The number of Topliss-reactive ketones (excluding diaryl/α,β-unsaturated/α-hetero) is 1. The van der Waals surface area contributed by atoms with Crippen molar-refractivity contribution in [3.05, 3.63) is 93.7 Å². The van der Waals surface area contributed by atoms with Crippen molar-refractivity contribution < 1.29 is 28.5 Å². The molecule has 0 aliphatic carbocycles. The summed E-state index contributed by atoms with van der Waals surface area (Å²) in [6.07, 6.45) is 2.56. The summed E-state index contributed by atoms with van der Waals surface area (Å²) in [7, 11) is 3.00. The van der Waals surface area contributed by atoms with Crippen LogP contribution in [0.3, 0.4) is 0 Å². The van der Waals surface area contributed by atoms with Gasteiger partial charge in [0.1, 0.15) is 24.0 Å². The van der Waals surface area contributed by atoms with E-state index >= 15 is 0 Å². The Bertz CT molecular complexity index is 1340. The van der Waals surface area contributed by atoms with Gasteiger partial charge in [0, 0.05) is 13.1 Å². The number of aryl methyl sites for hydroxylation is 1. The SMILES string of the molecule is COC(=O)c1ccc(/C=C2/Oc3c4c(cc(C)c3C2=O)OCN(CCc2ccc(OC)cc2)C4)cc1. The number of carbonyl (C=O) groups excluding carboxylic acids is 2. The van der Waals surface area contributed by atoms with E-state index in [1.807, 2.05) is 25.1 Å². The average molecular weight is 486 g/mol. The van der Waals surface area contributed by atoms with Gasteiger partial charge in [0.15, 0.2) is 5.76 Å². The third-order valence-corrected chi connectivity index (χ3v) is 6.49. The number of fused-ring (bicyclic) bond motifs is 3. The lowest BCUT2D eigenvalue weighted by molar-refractivity contribution is 0.0600. The zero-order chi connectivity index (χ0) is 25.2. The standard InChI is InChI=1S/C29H27NO6/c1-18-14-24-23(16-30(17-35-24)13-12-19-6-10-22(33-2)11-7-19)28-26(18)27(31)25(36-28)15-20-4-8-21(9-5-20)29(32)34-3/h4-11,14-15H,12-13,16-17H2,1-3H3/b25-15+. The number of hydrogen-bond donors (Lipinski definition) is 0. The first kappa shape index (κ1) is 23.6. The highest BCUT2D eigenvalue weighted by molar-refractivity contribution is 6.16. The highest BCUT2D eigenvalue weighted by Gasteiger charge is 2.35. The maximum atomic E-state index is 13.2. The molecule has 0 aromatic heterocycles. The lowest BCUT2D eigenvalue weighted by Gasteiger charge is -2.30. The molecule has 0 amide bonds. The van der Waals surface area contributed by atoms with Crippen LogP contribution in [0, 0.1) is 6.92 Å². The lowest BCUT2D eigenvalue weighted by Crippen LogP contribution is -2.33. The quantitative estimate of drug-likeness (QED) is 0.367. The Kier molecular flexibility index (Phi) is 6.48. The lowest BCUT2D eigenvalue weighted by atomic mass is 9.98. The number of allylic oxidation sites excluding steroid dienone is 1. The summed E-state index contributed by atoms with van der Waals surface area (Å²) in [4.78, 5) is 27.1. The van der Waals surface area contributed by atoms with Gasteiger partial charge in [-0.3, -0.25) is 9.69 Å². The second kappa shape index (κ2) is 9.87. The Hall–Kier alpha value is -4.10. The van der Waals surface area contributed by atoms with Crippen LogP contribution in [0.4, 0.5) is 0 Å². The Morgan fingerprint density at radius 1 is 1.08 bits per heavy atom. The van der Waals surface area contributed by atoms with Crippen LogP contribution in [0.25, 0.3) is 6.08 Å². The molecule has 5 rings (SSSR count). The molecule has 0 saturated carbocycles. The summed E-state index contributed by atoms with van der Waals surface area (Å²) < 4.78 is 22.2. The molecule has 2 aliphatic rings. The number of esters is 1. The van der Waals surface area contributed by atoms with E-state index in [9.17, 15) is 9.59 Å². The molecule has 7 nitrogen and oxygen atoms in total. The molecule has 3 aromatic carbocycles. The van der Waals surface area contributed by atoms with Crippen LogP contribution in [-0.2, 0) is 17.7 Å². The number of rotatable bonds is 6. The van der Waals surface area contributed by atoms with Crippen molar-refractivity contribution in [3.63, 3.8) is 0 Å². The maximum absolute atomic E-state index is 13.2. The molecule has 7 heteroatoms. The number of methoxy groups -OCH3 is 2. The molecule has 0 unspecified atom stereocenters. The van der Waals surface area contributed by atoms with Crippen molar-refractivity contribution in [2.45, 2.75) is 19.9 Å². The fourth-order valence-corrected chi connectivity index (χ4v) is 4.48. The fourth-order valence-electron chi connectivity index (χ4n) is 4.48. The molecule has 0 spiro atoms. The molecular formula is C29H27NO6. The predicted octanol–water partition coefficient (Wildman–Crippen LogP) is 4.80. The molecule has 0 radical (unpaired) electrons. The van der Waals surface area contributed by atoms with Gasteiger partial charge in [-0.05, 0) is 66.4 Å². The van der Waals surface area contributed by atoms with Crippen molar-refractivity contribution in [1.29, 1.82) is 0 Å². The van der Waals surface area contributed by atoms with Gasteiger partial charge in [-0.15, -0.1) is 0 Å². The average Bonchev–Trinajstić information content (AvgIpc) is 3.24. The zero-order valence-electron chi connectivity index (χ0n) is 20.5. The first-order valence-corrected chi connectivity index (χ1v) is 11.7. The monoisotopic (exact) mass is 485 g/mol. The van der Waals surface area contributed by atoms with Gasteiger partial charge in [-0.25, -0.2) is 4.79 Å². The molecule has 3 aromatic rings. The van der Waals surface area contributed by atoms with E-state index < -0.39 is 5.97 Å². The van der Waals surface area contributed by atoms with Gasteiger partial charge in [-0.2, -0.15) is 0 Å². The van der Waals surface area contributed by atoms with Crippen LogP contribution in [-0.4, -0.2) is 44.1 Å². The number of benzene rings is 3. The predicted molar refractivity (Wildman–Crippen MR) is 134 cm³/mol. The Labute approximate surface area is 209 Å². The number of hydrogen-bond acceptors (Lipinski definition) is 7. The van der Waals surface area contributed by atoms with Crippen molar-refractivity contribution in [2.24, 2.45) is 0 Å². The van der Waals surface area contributed by atoms with E-state index in [0.29, 0.717) is 30.2 Å². The number of carbonyl (C=O) groups is 2. The van der Waals surface area contributed by atoms with Crippen molar-refractivity contribution >= 4 is 17.8 Å². The van der Waals surface area contributed by atoms with Crippen LogP contribution in [0.5, 0.6) is 17.2 Å². The minimum atomic E-state index is -0.409.